The molecule has 2 amide bonds. The van der Waals surface area contributed by atoms with Gasteiger partial charge in [0.2, 0.25) is 5.91 Å². The number of nitrogens with zero attached hydrogens (tertiary/aromatic N) is 1. The predicted octanol–water partition coefficient (Wildman–Crippen LogP) is 2.63. The predicted molar refractivity (Wildman–Crippen MR) is 98.8 cm³/mol. The summed E-state index contributed by atoms with van der Waals surface area (Å²) in [6, 6.07) is 13.9. The summed E-state index contributed by atoms with van der Waals surface area (Å²) in [6.07, 6.45) is 1.45. The summed E-state index contributed by atoms with van der Waals surface area (Å²) in [5, 5.41) is 2.85. The van der Waals surface area contributed by atoms with Crippen LogP contribution in [0.3, 0.4) is 0 Å². The standard InChI is InChI=1S/C20H22N2O4/c1-25-16-11-14(12-17(13-16)26-2)19(23)21-18-9-6-10-22(20(18)24)15-7-4-3-5-8-15/h3-5,7-8,11-13,18H,6,9-10H2,1-2H3,(H,21,23)/t18-/m1/s1. The van der Waals surface area contributed by atoms with Gasteiger partial charge >= 0.3 is 0 Å². The van der Waals surface area contributed by atoms with Gasteiger partial charge in [-0.15, -0.1) is 0 Å². The number of benzene rings is 2. The zero-order valence-electron chi connectivity index (χ0n) is 14.9. The second-order valence-electron chi connectivity index (χ2n) is 6.10. The third kappa shape index (κ3) is 3.79. The molecule has 0 radical (unpaired) electrons. The molecule has 6 nitrogen and oxygen atoms in total. The van der Waals surface area contributed by atoms with Crippen molar-refractivity contribution in [2.24, 2.45) is 0 Å². The van der Waals surface area contributed by atoms with Gasteiger partial charge in [0.05, 0.1) is 14.2 Å². The Kier molecular flexibility index (Phi) is 5.41. The van der Waals surface area contributed by atoms with E-state index in [9.17, 15) is 9.59 Å². The van der Waals surface area contributed by atoms with Crippen molar-refractivity contribution in [3.63, 3.8) is 0 Å². The number of hydrogen-bond acceptors (Lipinski definition) is 4. The van der Waals surface area contributed by atoms with Gasteiger partial charge in [-0.25, -0.2) is 0 Å². The first-order valence-electron chi connectivity index (χ1n) is 8.52. The number of nitrogens with one attached hydrogen (secondary N) is 1. The summed E-state index contributed by atoms with van der Waals surface area (Å²) in [5.74, 6) is 0.631. The summed E-state index contributed by atoms with van der Waals surface area (Å²) in [6.45, 7) is 0.655. The molecule has 1 N–H and O–H groups in total. The van der Waals surface area contributed by atoms with E-state index in [0.29, 0.717) is 30.0 Å². The Morgan fingerprint density at radius 3 is 2.35 bits per heavy atom. The highest BCUT2D eigenvalue weighted by Crippen LogP contribution is 2.24. The Bertz CT molecular complexity index is 769. The fourth-order valence-electron chi connectivity index (χ4n) is 3.05. The molecule has 0 spiro atoms. The van der Waals surface area contributed by atoms with Gasteiger partial charge in [-0.2, -0.15) is 0 Å². The van der Waals surface area contributed by atoms with Gasteiger partial charge in [-0.3, -0.25) is 9.59 Å². The highest BCUT2D eigenvalue weighted by molar-refractivity contribution is 6.03. The quantitative estimate of drug-likeness (QED) is 0.896. The zero-order valence-corrected chi connectivity index (χ0v) is 14.9. The van der Waals surface area contributed by atoms with Gasteiger partial charge in [0.15, 0.2) is 0 Å². The maximum Gasteiger partial charge on any atom is 0.252 e. The normalized spacial score (nSPS) is 16.9. The molecule has 0 aliphatic carbocycles. The number of anilines is 1. The van der Waals surface area contributed by atoms with Crippen molar-refractivity contribution in [3.8, 4) is 11.5 Å². The Morgan fingerprint density at radius 2 is 1.73 bits per heavy atom. The lowest BCUT2D eigenvalue weighted by molar-refractivity contribution is -0.121. The van der Waals surface area contributed by atoms with Gasteiger partial charge in [-0.1, -0.05) is 18.2 Å². The van der Waals surface area contributed by atoms with Crippen LogP contribution in [0.2, 0.25) is 0 Å². The maximum absolute atomic E-state index is 12.8. The number of hydrogen-bond donors (Lipinski definition) is 1. The van der Waals surface area contributed by atoms with Crippen molar-refractivity contribution < 1.29 is 19.1 Å². The van der Waals surface area contributed by atoms with Crippen LogP contribution in [0.25, 0.3) is 0 Å². The maximum atomic E-state index is 12.8. The molecule has 2 aromatic carbocycles. The minimum atomic E-state index is -0.548. The van der Waals surface area contributed by atoms with Crippen molar-refractivity contribution >= 4 is 17.5 Å². The van der Waals surface area contributed by atoms with Crippen LogP contribution in [0.5, 0.6) is 11.5 Å². The molecule has 26 heavy (non-hydrogen) atoms. The van der Waals surface area contributed by atoms with E-state index < -0.39 is 6.04 Å². The second-order valence-corrected chi connectivity index (χ2v) is 6.10. The number of methoxy groups -OCH3 is 2. The average molecular weight is 354 g/mol. The Labute approximate surface area is 152 Å². The third-order valence-corrected chi connectivity index (χ3v) is 4.43. The number of amides is 2. The monoisotopic (exact) mass is 354 g/mol. The second kappa shape index (κ2) is 7.91. The molecule has 1 fully saturated rings. The fourth-order valence-corrected chi connectivity index (χ4v) is 3.05. The third-order valence-electron chi connectivity index (χ3n) is 4.43. The van der Waals surface area contributed by atoms with Crippen molar-refractivity contribution in [1.29, 1.82) is 0 Å². The van der Waals surface area contributed by atoms with Gasteiger partial charge in [-0.05, 0) is 37.1 Å². The van der Waals surface area contributed by atoms with Crippen LogP contribution in [0.4, 0.5) is 5.69 Å². The Morgan fingerprint density at radius 1 is 1.08 bits per heavy atom. The summed E-state index contributed by atoms with van der Waals surface area (Å²) in [4.78, 5) is 27.2. The SMILES string of the molecule is COc1cc(OC)cc(C(=O)N[C@@H]2CCCN(c3ccccc3)C2=O)c1. The number of carbonyl (C=O) groups is 2. The molecule has 6 heteroatoms. The summed E-state index contributed by atoms with van der Waals surface area (Å²) >= 11 is 0. The number of carbonyl (C=O) groups excluding carboxylic acids is 2. The summed E-state index contributed by atoms with van der Waals surface area (Å²) in [7, 11) is 3.05. The fraction of sp³-hybridized carbons (Fsp3) is 0.300. The molecule has 1 aliphatic heterocycles. The van der Waals surface area contributed by atoms with Crippen LogP contribution in [-0.4, -0.2) is 38.6 Å². The topological polar surface area (TPSA) is 67.9 Å². The van der Waals surface area contributed by atoms with Gasteiger partial charge in [0.25, 0.3) is 5.91 Å². The number of rotatable bonds is 5. The van der Waals surface area contributed by atoms with E-state index in [1.54, 1.807) is 23.1 Å². The Hall–Kier alpha value is -3.02. The van der Waals surface area contributed by atoms with E-state index in [1.807, 2.05) is 30.3 Å². The Balaban J connectivity index is 1.76. The van der Waals surface area contributed by atoms with Crippen molar-refractivity contribution in [2.75, 3.05) is 25.7 Å². The first kappa shape index (κ1) is 17.8. The van der Waals surface area contributed by atoms with Gasteiger partial charge < -0.3 is 19.7 Å². The van der Waals surface area contributed by atoms with E-state index in [0.717, 1.165) is 12.1 Å². The number of piperidine rings is 1. The minimum Gasteiger partial charge on any atom is -0.497 e. The van der Waals surface area contributed by atoms with E-state index in [4.69, 9.17) is 9.47 Å². The first-order valence-corrected chi connectivity index (χ1v) is 8.52. The van der Waals surface area contributed by atoms with Gasteiger partial charge in [0, 0.05) is 23.9 Å². The van der Waals surface area contributed by atoms with Crippen molar-refractivity contribution in [1.82, 2.24) is 5.32 Å². The minimum absolute atomic E-state index is 0.0920. The molecule has 136 valence electrons. The van der Waals surface area contributed by atoms with Crippen LogP contribution < -0.4 is 19.7 Å². The van der Waals surface area contributed by atoms with Gasteiger partial charge in [0.1, 0.15) is 17.5 Å². The van der Waals surface area contributed by atoms with Crippen LogP contribution in [-0.2, 0) is 4.79 Å². The van der Waals surface area contributed by atoms with Crippen molar-refractivity contribution in [3.05, 3.63) is 54.1 Å². The lowest BCUT2D eigenvalue weighted by atomic mass is 10.0. The molecule has 1 saturated heterocycles. The largest absolute Gasteiger partial charge is 0.497 e. The molecular weight excluding hydrogens is 332 g/mol. The highest BCUT2D eigenvalue weighted by Gasteiger charge is 2.31. The zero-order chi connectivity index (χ0) is 18.5. The molecule has 0 saturated carbocycles. The van der Waals surface area contributed by atoms with Crippen LogP contribution in [0.15, 0.2) is 48.5 Å². The smallest absolute Gasteiger partial charge is 0.252 e. The van der Waals surface area contributed by atoms with E-state index in [-0.39, 0.29) is 11.8 Å². The lowest BCUT2D eigenvalue weighted by Gasteiger charge is -2.32. The average Bonchev–Trinajstić information content (AvgIpc) is 2.69. The molecule has 2 aromatic rings. The van der Waals surface area contributed by atoms with E-state index in [2.05, 4.69) is 5.32 Å². The number of para-hydroxylation sites is 1. The molecule has 0 aromatic heterocycles. The molecular formula is C20H22N2O4. The summed E-state index contributed by atoms with van der Waals surface area (Å²) in [5.41, 5.74) is 1.24. The molecule has 1 atom stereocenters. The molecule has 1 heterocycles. The van der Waals surface area contributed by atoms with Crippen molar-refractivity contribution in [2.45, 2.75) is 18.9 Å². The summed E-state index contributed by atoms with van der Waals surface area (Å²) < 4.78 is 10.4. The first-order chi connectivity index (χ1) is 12.6. The number of ether oxygens (including phenoxy) is 2. The molecule has 0 unspecified atom stereocenters. The van der Waals surface area contributed by atoms with Crippen LogP contribution >= 0.6 is 0 Å². The van der Waals surface area contributed by atoms with E-state index in [1.165, 1.54) is 14.2 Å². The van der Waals surface area contributed by atoms with E-state index >= 15 is 0 Å². The van der Waals surface area contributed by atoms with Crippen LogP contribution in [0.1, 0.15) is 23.2 Å². The highest BCUT2D eigenvalue weighted by atomic mass is 16.5. The lowest BCUT2D eigenvalue weighted by Crippen LogP contribution is -2.52. The van der Waals surface area contributed by atoms with Crippen LogP contribution in [0, 0.1) is 0 Å². The molecule has 3 rings (SSSR count). The molecule has 0 bridgehead atoms. The molecule has 1 aliphatic rings.